The molecule has 0 saturated carbocycles. The van der Waals surface area contributed by atoms with Gasteiger partial charge in [0.15, 0.2) is 0 Å². The third kappa shape index (κ3) is 12.7. The van der Waals surface area contributed by atoms with Crippen molar-refractivity contribution in [3.8, 4) is 0 Å². The van der Waals surface area contributed by atoms with Crippen LogP contribution in [-0.2, 0) is 0 Å². The standard InChI is InChI=1S/C10H23NS2/c12-10-8-6-4-2-1-3-5-7-9-11-13/h11-13H,1-10H2. The Hall–Kier alpha value is 0.660. The first-order valence-electron chi connectivity index (χ1n) is 5.39. The average molecular weight is 221 g/mol. The molecule has 1 nitrogen and oxygen atoms in total. The summed E-state index contributed by atoms with van der Waals surface area (Å²) in [7, 11) is 0. The zero-order valence-corrected chi connectivity index (χ0v) is 10.3. The first-order valence-corrected chi connectivity index (χ1v) is 6.47. The van der Waals surface area contributed by atoms with Crippen LogP contribution in [0.25, 0.3) is 0 Å². The van der Waals surface area contributed by atoms with E-state index < -0.39 is 0 Å². The summed E-state index contributed by atoms with van der Waals surface area (Å²) in [6.45, 7) is 1.04. The second kappa shape index (κ2) is 12.7. The van der Waals surface area contributed by atoms with E-state index in [0.717, 1.165) is 12.3 Å². The van der Waals surface area contributed by atoms with Crippen molar-refractivity contribution in [2.24, 2.45) is 0 Å². The summed E-state index contributed by atoms with van der Waals surface area (Å²) in [6, 6.07) is 0. The highest BCUT2D eigenvalue weighted by atomic mass is 32.1. The minimum absolute atomic E-state index is 1.04. The molecule has 0 radical (unpaired) electrons. The second-order valence-electron chi connectivity index (χ2n) is 3.46. The molecule has 0 aromatic heterocycles. The van der Waals surface area contributed by atoms with Gasteiger partial charge in [0, 0.05) is 6.54 Å². The Bertz CT molecular complexity index is 79.0. The van der Waals surface area contributed by atoms with Gasteiger partial charge in [0.1, 0.15) is 0 Å². The fraction of sp³-hybridized carbons (Fsp3) is 1.00. The summed E-state index contributed by atoms with van der Waals surface area (Å²) in [5, 5.41) is 0. The quantitative estimate of drug-likeness (QED) is 0.379. The summed E-state index contributed by atoms with van der Waals surface area (Å²) < 4.78 is 2.87. The van der Waals surface area contributed by atoms with Gasteiger partial charge < -0.3 is 0 Å². The van der Waals surface area contributed by atoms with E-state index in [9.17, 15) is 0 Å². The topological polar surface area (TPSA) is 12.0 Å². The van der Waals surface area contributed by atoms with Crippen LogP contribution in [0.5, 0.6) is 0 Å². The van der Waals surface area contributed by atoms with Crippen LogP contribution in [0.4, 0.5) is 0 Å². The molecule has 80 valence electrons. The summed E-state index contributed by atoms with van der Waals surface area (Å²) in [6.07, 6.45) is 10.8. The zero-order valence-electron chi connectivity index (χ0n) is 8.47. The van der Waals surface area contributed by atoms with Crippen molar-refractivity contribution in [3.63, 3.8) is 0 Å². The lowest BCUT2D eigenvalue weighted by atomic mass is 10.1. The zero-order chi connectivity index (χ0) is 9.78. The Balaban J connectivity index is 2.76. The molecule has 0 aliphatic heterocycles. The van der Waals surface area contributed by atoms with Gasteiger partial charge in [-0.15, -0.1) is 0 Å². The molecular formula is C10H23NS2. The van der Waals surface area contributed by atoms with E-state index in [1.165, 1.54) is 51.4 Å². The molecule has 0 spiro atoms. The third-order valence-corrected chi connectivity index (χ3v) is 2.74. The SMILES string of the molecule is SCCCCCCCCCCNS. The number of thiol groups is 2. The lowest BCUT2D eigenvalue weighted by molar-refractivity contribution is 0.576. The van der Waals surface area contributed by atoms with Crippen molar-refractivity contribution in [3.05, 3.63) is 0 Å². The van der Waals surface area contributed by atoms with Gasteiger partial charge in [0.25, 0.3) is 0 Å². The van der Waals surface area contributed by atoms with Crippen molar-refractivity contribution in [2.75, 3.05) is 12.3 Å². The van der Waals surface area contributed by atoms with Crippen molar-refractivity contribution in [2.45, 2.75) is 51.4 Å². The summed E-state index contributed by atoms with van der Waals surface area (Å²) in [4.78, 5) is 0. The van der Waals surface area contributed by atoms with Crippen LogP contribution in [0.3, 0.4) is 0 Å². The van der Waals surface area contributed by atoms with Gasteiger partial charge in [-0.05, 0) is 18.6 Å². The van der Waals surface area contributed by atoms with E-state index in [1.54, 1.807) is 0 Å². The molecule has 3 heteroatoms. The van der Waals surface area contributed by atoms with Crippen LogP contribution in [0, 0.1) is 0 Å². The van der Waals surface area contributed by atoms with E-state index in [-0.39, 0.29) is 0 Å². The van der Waals surface area contributed by atoms with Crippen LogP contribution in [-0.4, -0.2) is 12.3 Å². The van der Waals surface area contributed by atoms with Crippen molar-refractivity contribution in [1.82, 2.24) is 4.72 Å². The van der Waals surface area contributed by atoms with Crippen molar-refractivity contribution < 1.29 is 0 Å². The molecule has 0 aromatic carbocycles. The van der Waals surface area contributed by atoms with Crippen LogP contribution >= 0.6 is 25.4 Å². The first-order chi connectivity index (χ1) is 6.41. The molecule has 0 aliphatic carbocycles. The summed E-state index contributed by atoms with van der Waals surface area (Å²) in [5.41, 5.74) is 0. The third-order valence-electron chi connectivity index (χ3n) is 2.20. The lowest BCUT2D eigenvalue weighted by Crippen LogP contribution is -1.99. The predicted molar refractivity (Wildman–Crippen MR) is 67.8 cm³/mol. The van der Waals surface area contributed by atoms with Gasteiger partial charge >= 0.3 is 0 Å². The highest BCUT2D eigenvalue weighted by molar-refractivity contribution is 7.80. The first kappa shape index (κ1) is 13.7. The molecule has 0 unspecified atom stereocenters. The summed E-state index contributed by atoms with van der Waals surface area (Å²) in [5.74, 6) is 1.05. The molecule has 0 saturated heterocycles. The smallest absolute Gasteiger partial charge is 0.00561 e. The minimum Gasteiger partial charge on any atom is -0.267 e. The fourth-order valence-electron chi connectivity index (χ4n) is 1.38. The van der Waals surface area contributed by atoms with E-state index in [4.69, 9.17) is 0 Å². The van der Waals surface area contributed by atoms with Crippen molar-refractivity contribution >= 4 is 25.4 Å². The number of unbranched alkanes of at least 4 members (excludes halogenated alkanes) is 7. The molecular weight excluding hydrogens is 198 g/mol. The molecule has 0 rings (SSSR count). The lowest BCUT2D eigenvalue weighted by Gasteiger charge is -2.00. The average Bonchev–Trinajstić information content (AvgIpc) is 2.16. The Labute approximate surface area is 94.0 Å². The number of rotatable bonds is 10. The van der Waals surface area contributed by atoms with Gasteiger partial charge in [-0.3, -0.25) is 4.72 Å². The van der Waals surface area contributed by atoms with Gasteiger partial charge in [-0.25, -0.2) is 0 Å². The number of hydrogen-bond donors (Lipinski definition) is 3. The van der Waals surface area contributed by atoms with Gasteiger partial charge in [0.2, 0.25) is 0 Å². The molecule has 13 heavy (non-hydrogen) atoms. The van der Waals surface area contributed by atoms with E-state index in [2.05, 4.69) is 30.2 Å². The maximum absolute atomic E-state index is 4.19. The Morgan fingerprint density at radius 1 is 0.692 bits per heavy atom. The van der Waals surface area contributed by atoms with Crippen LogP contribution < -0.4 is 4.72 Å². The van der Waals surface area contributed by atoms with E-state index in [1.807, 2.05) is 0 Å². The molecule has 0 heterocycles. The number of hydrogen-bond acceptors (Lipinski definition) is 3. The molecule has 0 fully saturated rings. The molecule has 0 aliphatic rings. The molecule has 0 amide bonds. The minimum atomic E-state index is 1.04. The van der Waals surface area contributed by atoms with E-state index in [0.29, 0.717) is 0 Å². The monoisotopic (exact) mass is 221 g/mol. The Morgan fingerprint density at radius 3 is 1.62 bits per heavy atom. The maximum atomic E-state index is 4.19. The normalized spacial score (nSPS) is 10.6. The van der Waals surface area contributed by atoms with Crippen LogP contribution in [0.15, 0.2) is 0 Å². The highest BCUT2D eigenvalue weighted by Gasteiger charge is 1.91. The summed E-state index contributed by atoms with van der Waals surface area (Å²) >= 11 is 8.13. The van der Waals surface area contributed by atoms with E-state index >= 15 is 0 Å². The van der Waals surface area contributed by atoms with Crippen molar-refractivity contribution in [1.29, 1.82) is 0 Å². The second-order valence-corrected chi connectivity index (χ2v) is 4.22. The number of nitrogens with one attached hydrogen (secondary N) is 1. The maximum Gasteiger partial charge on any atom is 0.00561 e. The Morgan fingerprint density at radius 2 is 1.15 bits per heavy atom. The van der Waals surface area contributed by atoms with Crippen LogP contribution in [0.2, 0.25) is 0 Å². The fourth-order valence-corrected chi connectivity index (χ4v) is 1.76. The molecule has 0 atom stereocenters. The largest absolute Gasteiger partial charge is 0.267 e. The van der Waals surface area contributed by atoms with Gasteiger partial charge in [0.05, 0.1) is 0 Å². The van der Waals surface area contributed by atoms with Gasteiger partial charge in [-0.1, -0.05) is 51.3 Å². The molecule has 1 N–H and O–H groups in total. The predicted octanol–water partition coefficient (Wildman–Crippen LogP) is 3.47. The van der Waals surface area contributed by atoms with Crippen LogP contribution in [0.1, 0.15) is 51.4 Å². The van der Waals surface area contributed by atoms with Gasteiger partial charge in [-0.2, -0.15) is 12.6 Å². The molecule has 0 aromatic rings. The Kier molecular flexibility index (Phi) is 13.3. The highest BCUT2D eigenvalue weighted by Crippen LogP contribution is 2.08. The molecule has 0 bridgehead atoms.